The quantitative estimate of drug-likeness (QED) is 0.341. The summed E-state index contributed by atoms with van der Waals surface area (Å²) in [5.74, 6) is 3.25. The van der Waals surface area contributed by atoms with Crippen molar-refractivity contribution in [2.45, 2.75) is 26.2 Å². The molecule has 2 aliphatic rings. The highest BCUT2D eigenvalue weighted by atomic mass is 127. The lowest BCUT2D eigenvalue weighted by Gasteiger charge is -2.36. The number of methoxy groups -OCH3 is 1. The number of nitrogens with zero attached hydrogens (tertiary/aromatic N) is 5. The van der Waals surface area contributed by atoms with E-state index >= 15 is 0 Å². The Balaban J connectivity index is 0.00000243. The third-order valence-corrected chi connectivity index (χ3v) is 5.13. The van der Waals surface area contributed by atoms with Crippen LogP contribution in [0.25, 0.3) is 0 Å². The zero-order chi connectivity index (χ0) is 17.6. The summed E-state index contributed by atoms with van der Waals surface area (Å²) < 4.78 is 6.04. The molecule has 1 aromatic rings. The van der Waals surface area contributed by atoms with E-state index in [9.17, 15) is 0 Å². The number of anilines is 1. The molecular formula is C17H28BrIN6O. The fourth-order valence-corrected chi connectivity index (χ4v) is 3.29. The average Bonchev–Trinajstić information content (AvgIpc) is 3.46. The smallest absolute Gasteiger partial charge is 0.232 e. The van der Waals surface area contributed by atoms with Crippen LogP contribution >= 0.6 is 39.9 Å². The van der Waals surface area contributed by atoms with Gasteiger partial charge in [-0.25, -0.2) is 4.98 Å². The molecule has 146 valence electrons. The second-order valence-corrected chi connectivity index (χ2v) is 7.32. The number of nitrogens with one attached hydrogen (secondary N) is 1. The SMILES string of the molecule is CCNC(=NCCC1CC1)N1CCN(c2ncc(Br)c(OC)n2)CC1.I. The Morgan fingerprint density at radius 3 is 2.69 bits per heavy atom. The van der Waals surface area contributed by atoms with E-state index in [1.165, 1.54) is 19.3 Å². The minimum absolute atomic E-state index is 0. The Bertz CT molecular complexity index is 605. The van der Waals surface area contributed by atoms with Gasteiger partial charge in [-0.05, 0) is 35.2 Å². The van der Waals surface area contributed by atoms with E-state index in [4.69, 9.17) is 9.73 Å². The molecule has 0 amide bonds. The fourth-order valence-electron chi connectivity index (χ4n) is 2.94. The van der Waals surface area contributed by atoms with Crippen molar-refractivity contribution >= 4 is 51.8 Å². The molecule has 7 nitrogen and oxygen atoms in total. The average molecular weight is 539 g/mol. The summed E-state index contributed by atoms with van der Waals surface area (Å²) in [7, 11) is 1.62. The van der Waals surface area contributed by atoms with Gasteiger partial charge < -0.3 is 19.9 Å². The highest BCUT2D eigenvalue weighted by molar-refractivity contribution is 14.0. The first-order valence-electron chi connectivity index (χ1n) is 9.06. The Morgan fingerprint density at radius 1 is 1.35 bits per heavy atom. The third-order valence-electron chi connectivity index (χ3n) is 4.59. The van der Waals surface area contributed by atoms with Crippen LogP contribution in [0.15, 0.2) is 15.7 Å². The highest BCUT2D eigenvalue weighted by Gasteiger charge is 2.23. The molecule has 1 aromatic heterocycles. The molecule has 1 N–H and O–H groups in total. The van der Waals surface area contributed by atoms with Gasteiger partial charge >= 0.3 is 0 Å². The lowest BCUT2D eigenvalue weighted by molar-refractivity contribution is 0.366. The number of hydrogen-bond donors (Lipinski definition) is 1. The largest absolute Gasteiger partial charge is 0.480 e. The van der Waals surface area contributed by atoms with Gasteiger partial charge in [-0.3, -0.25) is 4.99 Å². The Labute approximate surface area is 181 Å². The zero-order valence-electron chi connectivity index (χ0n) is 15.4. The summed E-state index contributed by atoms with van der Waals surface area (Å²) in [5.41, 5.74) is 0. The molecule has 2 heterocycles. The molecule has 0 unspecified atom stereocenters. The summed E-state index contributed by atoms with van der Waals surface area (Å²) in [5, 5.41) is 3.43. The van der Waals surface area contributed by atoms with E-state index in [-0.39, 0.29) is 24.0 Å². The van der Waals surface area contributed by atoms with Crippen molar-refractivity contribution in [3.8, 4) is 5.88 Å². The van der Waals surface area contributed by atoms with E-state index in [0.717, 1.165) is 61.6 Å². The van der Waals surface area contributed by atoms with Crippen molar-refractivity contribution in [3.05, 3.63) is 10.7 Å². The van der Waals surface area contributed by atoms with Crippen molar-refractivity contribution in [2.75, 3.05) is 51.3 Å². The zero-order valence-corrected chi connectivity index (χ0v) is 19.4. The summed E-state index contributed by atoms with van der Waals surface area (Å²) >= 11 is 3.40. The van der Waals surface area contributed by atoms with Crippen molar-refractivity contribution in [3.63, 3.8) is 0 Å². The van der Waals surface area contributed by atoms with E-state index in [1.807, 2.05) is 0 Å². The Morgan fingerprint density at radius 2 is 2.08 bits per heavy atom. The fraction of sp³-hybridized carbons (Fsp3) is 0.706. The topological polar surface area (TPSA) is 65.9 Å². The molecule has 0 aromatic carbocycles. The standard InChI is InChI=1S/C17H27BrN6O.HI/c1-3-19-16(20-7-6-13-4-5-13)23-8-10-24(11-9-23)17-21-12-14(18)15(22-17)25-2;/h12-13H,3-11H2,1-2H3,(H,19,20);1H. The van der Waals surface area contributed by atoms with E-state index in [1.54, 1.807) is 13.3 Å². The van der Waals surface area contributed by atoms with Gasteiger partial charge in [-0.1, -0.05) is 12.8 Å². The Kier molecular flexibility index (Phi) is 8.65. The van der Waals surface area contributed by atoms with Crippen molar-refractivity contribution in [1.29, 1.82) is 0 Å². The minimum Gasteiger partial charge on any atom is -0.480 e. The summed E-state index contributed by atoms with van der Waals surface area (Å²) in [6.45, 7) is 7.52. The molecule has 1 aliphatic heterocycles. The number of piperazine rings is 1. The number of ether oxygens (including phenoxy) is 1. The van der Waals surface area contributed by atoms with Crippen LogP contribution in [0, 0.1) is 5.92 Å². The summed E-state index contributed by atoms with van der Waals surface area (Å²) in [6, 6.07) is 0. The van der Waals surface area contributed by atoms with Gasteiger partial charge in [0.15, 0.2) is 5.96 Å². The number of aromatic nitrogens is 2. The molecule has 9 heteroatoms. The lowest BCUT2D eigenvalue weighted by atomic mass is 10.3. The Hall–Kier alpha value is -0.840. The molecule has 0 bridgehead atoms. The van der Waals surface area contributed by atoms with Crippen LogP contribution in [-0.2, 0) is 0 Å². The number of hydrogen-bond acceptors (Lipinski definition) is 5. The molecular weight excluding hydrogens is 511 g/mol. The molecule has 2 fully saturated rings. The highest BCUT2D eigenvalue weighted by Crippen LogP contribution is 2.32. The van der Waals surface area contributed by atoms with Gasteiger partial charge in [0.25, 0.3) is 0 Å². The van der Waals surface area contributed by atoms with E-state index in [0.29, 0.717) is 5.88 Å². The molecule has 3 rings (SSSR count). The van der Waals surface area contributed by atoms with Crippen molar-refractivity contribution < 1.29 is 4.74 Å². The predicted molar refractivity (Wildman–Crippen MR) is 119 cm³/mol. The van der Waals surface area contributed by atoms with Crippen molar-refractivity contribution in [1.82, 2.24) is 20.2 Å². The van der Waals surface area contributed by atoms with Gasteiger partial charge in [0.2, 0.25) is 11.8 Å². The molecule has 1 aliphatic carbocycles. The van der Waals surface area contributed by atoms with Crippen LogP contribution in [0.5, 0.6) is 5.88 Å². The number of guanidine groups is 1. The second-order valence-electron chi connectivity index (χ2n) is 6.47. The second kappa shape index (κ2) is 10.5. The van der Waals surface area contributed by atoms with Crippen LogP contribution in [0.3, 0.4) is 0 Å². The number of aliphatic imine (C=N–C) groups is 1. The lowest BCUT2D eigenvalue weighted by Crippen LogP contribution is -2.53. The van der Waals surface area contributed by atoms with Crippen LogP contribution in [0.1, 0.15) is 26.2 Å². The molecule has 1 saturated carbocycles. The number of rotatable bonds is 6. The van der Waals surface area contributed by atoms with Gasteiger partial charge in [0, 0.05) is 39.3 Å². The first-order chi connectivity index (χ1) is 12.2. The maximum atomic E-state index is 5.27. The predicted octanol–water partition coefficient (Wildman–Crippen LogP) is 2.75. The van der Waals surface area contributed by atoms with Gasteiger partial charge in [0.1, 0.15) is 0 Å². The molecule has 26 heavy (non-hydrogen) atoms. The third kappa shape index (κ3) is 5.83. The van der Waals surface area contributed by atoms with Crippen LogP contribution in [-0.4, -0.2) is 67.2 Å². The first kappa shape index (κ1) is 21.5. The number of halogens is 2. The van der Waals surface area contributed by atoms with Gasteiger partial charge in [-0.15, -0.1) is 24.0 Å². The van der Waals surface area contributed by atoms with Crippen LogP contribution < -0.4 is 15.0 Å². The van der Waals surface area contributed by atoms with Gasteiger partial charge in [0.05, 0.1) is 17.8 Å². The summed E-state index contributed by atoms with van der Waals surface area (Å²) in [4.78, 5) is 18.2. The van der Waals surface area contributed by atoms with E-state index in [2.05, 4.69) is 47.9 Å². The molecule has 0 radical (unpaired) electrons. The molecule has 0 atom stereocenters. The first-order valence-corrected chi connectivity index (χ1v) is 9.85. The molecule has 0 spiro atoms. The maximum Gasteiger partial charge on any atom is 0.232 e. The maximum absolute atomic E-state index is 5.27. The van der Waals surface area contributed by atoms with Gasteiger partial charge in [-0.2, -0.15) is 4.98 Å². The minimum atomic E-state index is 0. The normalized spacial score (nSPS) is 17.7. The van der Waals surface area contributed by atoms with Crippen LogP contribution in [0.4, 0.5) is 5.95 Å². The monoisotopic (exact) mass is 538 g/mol. The summed E-state index contributed by atoms with van der Waals surface area (Å²) in [6.07, 6.45) is 5.75. The van der Waals surface area contributed by atoms with Crippen LogP contribution in [0.2, 0.25) is 0 Å². The van der Waals surface area contributed by atoms with E-state index < -0.39 is 0 Å². The molecule has 1 saturated heterocycles. The van der Waals surface area contributed by atoms with Crippen molar-refractivity contribution in [2.24, 2.45) is 10.9 Å².